The Labute approximate surface area is 121 Å². The first-order valence-corrected chi connectivity index (χ1v) is 6.72. The Balaban J connectivity index is 2.16. The molecule has 1 aliphatic rings. The lowest BCUT2D eigenvalue weighted by molar-refractivity contribution is -0.384. The molecular weight excluding hydrogens is 276 g/mol. The van der Waals surface area contributed by atoms with Gasteiger partial charge in [0.2, 0.25) is 0 Å². The zero-order valence-corrected chi connectivity index (χ0v) is 11.5. The molecule has 0 aliphatic carbocycles. The fourth-order valence-corrected chi connectivity index (χ4v) is 2.44. The van der Waals surface area contributed by atoms with Crippen LogP contribution >= 0.6 is 0 Å². The Bertz CT molecular complexity index is 541. The van der Waals surface area contributed by atoms with Crippen LogP contribution in [0.2, 0.25) is 0 Å². The van der Waals surface area contributed by atoms with Crippen molar-refractivity contribution in [3.63, 3.8) is 0 Å². The molecule has 2 rings (SSSR count). The second-order valence-electron chi connectivity index (χ2n) is 5.05. The Hall–Kier alpha value is -2.19. The third kappa shape index (κ3) is 3.29. The molecule has 1 heterocycles. The monoisotopic (exact) mass is 294 g/mol. The molecule has 0 unspecified atom stereocenters. The maximum Gasteiger partial charge on any atom is 0.294 e. The van der Waals surface area contributed by atoms with Crippen LogP contribution in [0.15, 0.2) is 18.2 Å². The number of hydrogen-bond acceptors (Lipinski definition) is 6. The lowest BCUT2D eigenvalue weighted by Crippen LogP contribution is -2.39. The van der Waals surface area contributed by atoms with Gasteiger partial charge < -0.3 is 15.4 Å². The van der Waals surface area contributed by atoms with E-state index in [2.05, 4.69) is 5.43 Å². The number of rotatable bonds is 4. The highest BCUT2D eigenvalue weighted by molar-refractivity contribution is 5.95. The van der Waals surface area contributed by atoms with Gasteiger partial charge in [0.15, 0.2) is 0 Å². The number of hydrazine groups is 1. The van der Waals surface area contributed by atoms with Crippen LogP contribution < -0.4 is 11.3 Å². The van der Waals surface area contributed by atoms with Crippen LogP contribution in [0, 0.1) is 16.0 Å². The lowest BCUT2D eigenvalue weighted by Gasteiger charge is -2.31. The SMILES string of the molecule is NNc1ccc(C(=O)N2CCC(CO)CC2)cc1[N+](=O)[O-]. The molecule has 0 bridgehead atoms. The highest BCUT2D eigenvalue weighted by Crippen LogP contribution is 2.26. The number of carbonyl (C=O) groups excluding carboxylic acids is 1. The highest BCUT2D eigenvalue weighted by Gasteiger charge is 2.25. The van der Waals surface area contributed by atoms with Gasteiger partial charge in [0.05, 0.1) is 4.92 Å². The molecule has 21 heavy (non-hydrogen) atoms. The van der Waals surface area contributed by atoms with Crippen molar-refractivity contribution in [3.05, 3.63) is 33.9 Å². The summed E-state index contributed by atoms with van der Waals surface area (Å²) in [5.41, 5.74) is 2.44. The molecule has 0 aromatic heterocycles. The van der Waals surface area contributed by atoms with Gasteiger partial charge in [-0.25, -0.2) is 0 Å². The molecule has 0 spiro atoms. The molecule has 1 saturated heterocycles. The van der Waals surface area contributed by atoms with E-state index in [0.717, 1.165) is 12.8 Å². The van der Waals surface area contributed by atoms with Crippen LogP contribution in [0.25, 0.3) is 0 Å². The Morgan fingerprint density at radius 3 is 2.67 bits per heavy atom. The van der Waals surface area contributed by atoms with Crippen molar-refractivity contribution in [2.24, 2.45) is 11.8 Å². The van der Waals surface area contributed by atoms with Crippen molar-refractivity contribution < 1.29 is 14.8 Å². The molecule has 1 fully saturated rings. The first-order chi connectivity index (χ1) is 10.1. The number of carbonyl (C=O) groups is 1. The molecule has 1 amide bonds. The average Bonchev–Trinajstić information content (AvgIpc) is 2.53. The van der Waals surface area contributed by atoms with Crippen molar-refractivity contribution >= 4 is 17.3 Å². The smallest absolute Gasteiger partial charge is 0.294 e. The molecule has 1 aromatic rings. The number of likely N-dealkylation sites (tertiary alicyclic amines) is 1. The third-order valence-corrected chi connectivity index (χ3v) is 3.76. The maximum absolute atomic E-state index is 12.4. The number of nitrogens with two attached hydrogens (primary N) is 1. The van der Waals surface area contributed by atoms with E-state index in [9.17, 15) is 14.9 Å². The second kappa shape index (κ2) is 6.51. The Kier molecular flexibility index (Phi) is 4.71. The van der Waals surface area contributed by atoms with Crippen LogP contribution in [0.1, 0.15) is 23.2 Å². The van der Waals surface area contributed by atoms with E-state index >= 15 is 0 Å². The zero-order valence-electron chi connectivity index (χ0n) is 11.5. The summed E-state index contributed by atoms with van der Waals surface area (Å²) in [5.74, 6) is 5.21. The predicted molar refractivity (Wildman–Crippen MR) is 76.6 cm³/mol. The number of nitrogens with zero attached hydrogens (tertiary/aromatic N) is 2. The van der Waals surface area contributed by atoms with Gasteiger partial charge >= 0.3 is 0 Å². The van der Waals surface area contributed by atoms with Gasteiger partial charge in [0.1, 0.15) is 5.69 Å². The van der Waals surface area contributed by atoms with E-state index < -0.39 is 4.92 Å². The van der Waals surface area contributed by atoms with Crippen molar-refractivity contribution in [3.8, 4) is 0 Å². The highest BCUT2D eigenvalue weighted by atomic mass is 16.6. The summed E-state index contributed by atoms with van der Waals surface area (Å²) in [5, 5.41) is 20.1. The van der Waals surface area contributed by atoms with Crippen molar-refractivity contribution in [2.45, 2.75) is 12.8 Å². The predicted octanol–water partition coefficient (Wildman–Crippen LogP) is 0.725. The molecule has 0 atom stereocenters. The fourth-order valence-electron chi connectivity index (χ4n) is 2.44. The van der Waals surface area contributed by atoms with Gasteiger partial charge in [-0.05, 0) is 30.9 Å². The molecule has 0 radical (unpaired) electrons. The number of aliphatic hydroxyl groups excluding tert-OH is 1. The van der Waals surface area contributed by atoms with Gasteiger partial charge in [-0.15, -0.1) is 0 Å². The number of amides is 1. The number of nitro benzene ring substituents is 1. The summed E-state index contributed by atoms with van der Waals surface area (Å²) in [6.07, 6.45) is 1.49. The summed E-state index contributed by atoms with van der Waals surface area (Å²) in [6, 6.07) is 4.17. The Morgan fingerprint density at radius 2 is 2.14 bits per heavy atom. The number of aliphatic hydroxyl groups is 1. The van der Waals surface area contributed by atoms with Crippen LogP contribution in [0.3, 0.4) is 0 Å². The number of hydrogen-bond donors (Lipinski definition) is 3. The molecule has 0 saturated carbocycles. The van der Waals surface area contributed by atoms with Crippen molar-refractivity contribution in [2.75, 3.05) is 25.1 Å². The topological polar surface area (TPSA) is 122 Å². The maximum atomic E-state index is 12.4. The molecule has 1 aromatic carbocycles. The minimum Gasteiger partial charge on any atom is -0.396 e. The quantitative estimate of drug-likeness (QED) is 0.427. The largest absolute Gasteiger partial charge is 0.396 e. The normalized spacial score (nSPS) is 15.8. The standard InChI is InChI=1S/C13H18N4O4/c14-15-11-2-1-10(7-12(11)17(20)21)13(19)16-5-3-9(8-18)4-6-16/h1-2,7,9,15,18H,3-6,8,14H2. The number of nitrogens with one attached hydrogen (secondary N) is 1. The van der Waals surface area contributed by atoms with Crippen molar-refractivity contribution in [1.29, 1.82) is 0 Å². The summed E-state index contributed by atoms with van der Waals surface area (Å²) >= 11 is 0. The van der Waals surface area contributed by atoms with E-state index in [1.807, 2.05) is 0 Å². The lowest BCUT2D eigenvalue weighted by atomic mass is 9.97. The van der Waals surface area contributed by atoms with E-state index in [4.69, 9.17) is 10.9 Å². The zero-order chi connectivity index (χ0) is 15.4. The van der Waals surface area contributed by atoms with Gasteiger partial charge in [-0.2, -0.15) is 0 Å². The van der Waals surface area contributed by atoms with Crippen LogP contribution in [0.5, 0.6) is 0 Å². The molecule has 8 heteroatoms. The Morgan fingerprint density at radius 1 is 1.48 bits per heavy atom. The summed E-state index contributed by atoms with van der Waals surface area (Å²) in [4.78, 5) is 24.4. The van der Waals surface area contributed by atoms with Gasteiger partial charge in [-0.1, -0.05) is 0 Å². The van der Waals surface area contributed by atoms with Gasteiger partial charge in [-0.3, -0.25) is 20.8 Å². The summed E-state index contributed by atoms with van der Waals surface area (Å²) < 4.78 is 0. The summed E-state index contributed by atoms with van der Waals surface area (Å²) in [7, 11) is 0. The number of benzene rings is 1. The van der Waals surface area contributed by atoms with E-state index in [1.165, 1.54) is 18.2 Å². The van der Waals surface area contributed by atoms with Gasteiger partial charge in [0, 0.05) is 31.3 Å². The molecule has 1 aliphatic heterocycles. The average molecular weight is 294 g/mol. The van der Waals surface area contributed by atoms with Crippen LogP contribution in [0.4, 0.5) is 11.4 Å². The van der Waals surface area contributed by atoms with Gasteiger partial charge in [0.25, 0.3) is 11.6 Å². The summed E-state index contributed by atoms with van der Waals surface area (Å²) in [6.45, 7) is 1.23. The first-order valence-electron chi connectivity index (χ1n) is 6.72. The number of anilines is 1. The first kappa shape index (κ1) is 15.2. The van der Waals surface area contributed by atoms with Crippen LogP contribution in [-0.4, -0.2) is 40.5 Å². The second-order valence-corrected chi connectivity index (χ2v) is 5.05. The number of nitro groups is 1. The van der Waals surface area contributed by atoms with E-state index in [1.54, 1.807) is 4.90 Å². The number of piperidine rings is 1. The molecule has 114 valence electrons. The molecule has 4 N–H and O–H groups in total. The van der Waals surface area contributed by atoms with Crippen molar-refractivity contribution in [1.82, 2.24) is 4.90 Å². The minimum absolute atomic E-state index is 0.129. The third-order valence-electron chi connectivity index (χ3n) is 3.76. The van der Waals surface area contributed by atoms with E-state index in [0.29, 0.717) is 13.1 Å². The van der Waals surface area contributed by atoms with E-state index in [-0.39, 0.29) is 35.4 Å². The molecule has 8 nitrogen and oxygen atoms in total. The minimum atomic E-state index is -0.579. The fraction of sp³-hybridized carbons (Fsp3) is 0.462. The molecular formula is C13H18N4O4. The van der Waals surface area contributed by atoms with Crippen LogP contribution in [-0.2, 0) is 0 Å². The number of nitrogen functional groups attached to an aromatic ring is 1.